The van der Waals surface area contributed by atoms with E-state index in [-0.39, 0.29) is 6.54 Å². The Hall–Kier alpha value is -1.32. The van der Waals surface area contributed by atoms with E-state index in [1.807, 2.05) is 6.07 Å². The molecule has 0 spiro atoms. The number of aliphatic imine (C=N–C) groups is 1. The highest BCUT2D eigenvalue weighted by Gasteiger charge is 2.10. The number of hydrogen-bond donors (Lipinski definition) is 0. The number of rotatable bonds is 4. The molecule has 1 aromatic rings. The summed E-state index contributed by atoms with van der Waals surface area (Å²) >= 11 is 3.33. The van der Waals surface area contributed by atoms with Crippen LogP contribution in [0.4, 0.5) is 0 Å². The molecule has 0 aromatic heterocycles. The Morgan fingerprint density at radius 2 is 2.13 bits per heavy atom. The van der Waals surface area contributed by atoms with Crippen molar-refractivity contribution in [2.24, 2.45) is 4.99 Å². The third-order valence-corrected chi connectivity index (χ3v) is 2.29. The van der Waals surface area contributed by atoms with Gasteiger partial charge in [-0.15, -0.1) is 0 Å². The van der Waals surface area contributed by atoms with Crippen molar-refractivity contribution in [1.29, 1.82) is 0 Å². The summed E-state index contributed by atoms with van der Waals surface area (Å²) in [7, 11) is 3.09. The molecule has 0 aliphatic heterocycles. The third-order valence-electron chi connectivity index (χ3n) is 1.83. The van der Waals surface area contributed by atoms with Crippen LogP contribution in [0.15, 0.2) is 21.6 Å². The van der Waals surface area contributed by atoms with Crippen molar-refractivity contribution in [3.05, 3.63) is 22.2 Å². The number of carbonyl (C=O) groups excluding carboxylic acids is 1. The highest BCUT2D eigenvalue weighted by molar-refractivity contribution is 9.10. The van der Waals surface area contributed by atoms with Crippen LogP contribution < -0.4 is 9.47 Å². The number of ether oxygens (including phenoxy) is 2. The second-order valence-corrected chi connectivity index (χ2v) is 3.62. The zero-order valence-corrected chi connectivity index (χ0v) is 10.00. The van der Waals surface area contributed by atoms with E-state index < -0.39 is 0 Å². The Labute approximate surface area is 96.0 Å². The van der Waals surface area contributed by atoms with Gasteiger partial charge in [0.1, 0.15) is 0 Å². The van der Waals surface area contributed by atoms with Crippen molar-refractivity contribution in [3.8, 4) is 11.5 Å². The Morgan fingerprint density at radius 1 is 1.40 bits per heavy atom. The van der Waals surface area contributed by atoms with E-state index in [0.717, 1.165) is 10.0 Å². The summed E-state index contributed by atoms with van der Waals surface area (Å²) in [5.41, 5.74) is 0.770. The van der Waals surface area contributed by atoms with E-state index in [0.29, 0.717) is 11.5 Å². The molecule has 0 fully saturated rings. The second kappa shape index (κ2) is 5.53. The lowest BCUT2D eigenvalue weighted by Gasteiger charge is -2.11. The topological polar surface area (TPSA) is 47.9 Å². The van der Waals surface area contributed by atoms with Crippen molar-refractivity contribution >= 4 is 22.0 Å². The monoisotopic (exact) mass is 271 g/mol. The first kappa shape index (κ1) is 11.8. The number of benzene rings is 1. The molecule has 0 radical (unpaired) electrons. The Bertz CT molecular complexity index is 400. The van der Waals surface area contributed by atoms with Crippen molar-refractivity contribution in [2.45, 2.75) is 6.54 Å². The van der Waals surface area contributed by atoms with Gasteiger partial charge in [-0.3, -0.25) is 0 Å². The zero-order chi connectivity index (χ0) is 11.3. The molecular formula is C10H10BrNO3. The maximum Gasteiger partial charge on any atom is 0.235 e. The molecule has 0 saturated carbocycles. The zero-order valence-electron chi connectivity index (χ0n) is 8.41. The maximum absolute atomic E-state index is 10.0. The highest BCUT2D eigenvalue weighted by atomic mass is 79.9. The smallest absolute Gasteiger partial charge is 0.235 e. The average molecular weight is 272 g/mol. The second-order valence-electron chi connectivity index (χ2n) is 2.71. The average Bonchev–Trinajstić information content (AvgIpc) is 2.25. The summed E-state index contributed by atoms with van der Waals surface area (Å²) in [6.45, 7) is 0.225. The molecule has 4 nitrogen and oxygen atoms in total. The molecule has 0 aliphatic rings. The van der Waals surface area contributed by atoms with Gasteiger partial charge >= 0.3 is 0 Å². The van der Waals surface area contributed by atoms with Gasteiger partial charge in [0.05, 0.1) is 20.8 Å². The molecule has 1 rings (SSSR count). The molecule has 0 atom stereocenters. The van der Waals surface area contributed by atoms with Gasteiger partial charge in [0, 0.05) is 10.0 Å². The number of hydrogen-bond acceptors (Lipinski definition) is 4. The lowest BCUT2D eigenvalue weighted by molar-refractivity contribution is 0.351. The molecule has 0 amide bonds. The van der Waals surface area contributed by atoms with Crippen LogP contribution in [-0.4, -0.2) is 20.3 Å². The van der Waals surface area contributed by atoms with E-state index in [1.165, 1.54) is 6.08 Å². The van der Waals surface area contributed by atoms with Gasteiger partial charge in [0.2, 0.25) is 6.08 Å². The first-order chi connectivity index (χ1) is 7.22. The SMILES string of the molecule is COc1cc(Br)cc(CN=C=O)c1OC. The Kier molecular flexibility index (Phi) is 4.34. The Balaban J connectivity index is 3.21. The standard InChI is InChI=1S/C10H10BrNO3/c1-14-9-4-8(11)3-7(5-12-6-13)10(9)15-2/h3-4H,5H2,1-2H3. The summed E-state index contributed by atoms with van der Waals surface area (Å²) in [4.78, 5) is 13.5. The van der Waals surface area contributed by atoms with Crippen molar-refractivity contribution in [2.75, 3.05) is 14.2 Å². The fourth-order valence-electron chi connectivity index (χ4n) is 1.24. The predicted molar refractivity (Wildman–Crippen MR) is 59.1 cm³/mol. The van der Waals surface area contributed by atoms with Gasteiger partial charge in [-0.25, -0.2) is 9.79 Å². The minimum absolute atomic E-state index is 0.225. The molecule has 1 aromatic carbocycles. The summed E-state index contributed by atoms with van der Waals surface area (Å²) in [5.74, 6) is 1.18. The van der Waals surface area contributed by atoms with Crippen LogP contribution in [0.2, 0.25) is 0 Å². The molecule has 0 bridgehead atoms. The quantitative estimate of drug-likeness (QED) is 0.624. The molecule has 0 N–H and O–H groups in total. The molecule has 15 heavy (non-hydrogen) atoms. The van der Waals surface area contributed by atoms with E-state index in [4.69, 9.17) is 9.47 Å². The molecule has 5 heteroatoms. The summed E-state index contributed by atoms with van der Waals surface area (Å²) in [6.07, 6.45) is 1.49. The number of isocyanates is 1. The van der Waals surface area contributed by atoms with Gasteiger partial charge in [-0.1, -0.05) is 15.9 Å². The largest absolute Gasteiger partial charge is 0.493 e. The van der Waals surface area contributed by atoms with Crippen LogP contribution in [0.5, 0.6) is 11.5 Å². The van der Waals surface area contributed by atoms with Crippen LogP contribution in [-0.2, 0) is 11.3 Å². The summed E-state index contributed by atoms with van der Waals surface area (Å²) in [6, 6.07) is 3.61. The predicted octanol–water partition coefficient (Wildman–Crippen LogP) is 2.30. The lowest BCUT2D eigenvalue weighted by atomic mass is 10.2. The van der Waals surface area contributed by atoms with E-state index in [9.17, 15) is 4.79 Å². The molecule has 80 valence electrons. The van der Waals surface area contributed by atoms with Crippen LogP contribution in [0.3, 0.4) is 0 Å². The van der Waals surface area contributed by atoms with Crippen LogP contribution >= 0.6 is 15.9 Å². The fourth-order valence-corrected chi connectivity index (χ4v) is 1.73. The van der Waals surface area contributed by atoms with Crippen molar-refractivity contribution in [1.82, 2.24) is 0 Å². The van der Waals surface area contributed by atoms with E-state index in [2.05, 4.69) is 20.9 Å². The van der Waals surface area contributed by atoms with E-state index in [1.54, 1.807) is 20.3 Å². The number of methoxy groups -OCH3 is 2. The van der Waals surface area contributed by atoms with Crippen LogP contribution in [0.25, 0.3) is 0 Å². The molecule has 0 aliphatic carbocycles. The fraction of sp³-hybridized carbons (Fsp3) is 0.300. The first-order valence-corrected chi connectivity index (χ1v) is 4.96. The van der Waals surface area contributed by atoms with Gasteiger partial charge in [0.25, 0.3) is 0 Å². The third kappa shape index (κ3) is 2.81. The maximum atomic E-state index is 10.0. The highest BCUT2D eigenvalue weighted by Crippen LogP contribution is 2.34. The van der Waals surface area contributed by atoms with Crippen molar-refractivity contribution < 1.29 is 14.3 Å². The first-order valence-electron chi connectivity index (χ1n) is 4.17. The minimum Gasteiger partial charge on any atom is -0.493 e. The minimum atomic E-state index is 0.225. The van der Waals surface area contributed by atoms with Gasteiger partial charge in [-0.2, -0.15) is 0 Å². The normalized spacial score (nSPS) is 9.27. The summed E-state index contributed by atoms with van der Waals surface area (Å²) < 4.78 is 11.2. The van der Waals surface area contributed by atoms with E-state index >= 15 is 0 Å². The number of halogens is 1. The van der Waals surface area contributed by atoms with Crippen LogP contribution in [0, 0.1) is 0 Å². The van der Waals surface area contributed by atoms with Crippen molar-refractivity contribution in [3.63, 3.8) is 0 Å². The molecular weight excluding hydrogens is 262 g/mol. The summed E-state index contributed by atoms with van der Waals surface area (Å²) in [5, 5.41) is 0. The number of nitrogens with zero attached hydrogens (tertiary/aromatic N) is 1. The lowest BCUT2D eigenvalue weighted by Crippen LogP contribution is -1.95. The molecule has 0 heterocycles. The van der Waals surface area contributed by atoms with Gasteiger partial charge in [0.15, 0.2) is 11.5 Å². The van der Waals surface area contributed by atoms with Gasteiger partial charge in [-0.05, 0) is 12.1 Å². The molecule has 0 saturated heterocycles. The molecule has 0 unspecified atom stereocenters. The van der Waals surface area contributed by atoms with Crippen LogP contribution in [0.1, 0.15) is 5.56 Å². The van der Waals surface area contributed by atoms with Gasteiger partial charge < -0.3 is 9.47 Å². The Morgan fingerprint density at radius 3 is 2.67 bits per heavy atom.